The van der Waals surface area contributed by atoms with E-state index in [9.17, 15) is 0 Å². The molecule has 0 spiro atoms. The number of aryl methyl sites for hydroxylation is 4. The summed E-state index contributed by atoms with van der Waals surface area (Å²) in [6.45, 7) is 8.59. The van der Waals surface area contributed by atoms with Gasteiger partial charge in [0.25, 0.3) is 0 Å². The van der Waals surface area contributed by atoms with Crippen LogP contribution in [0.1, 0.15) is 22.3 Å². The Labute approximate surface area is 423 Å². The molecule has 0 aliphatic carbocycles. The highest BCUT2D eigenvalue weighted by Crippen LogP contribution is 2.40. The highest BCUT2D eigenvalue weighted by molar-refractivity contribution is 6.14. The Balaban J connectivity index is 0.891. The predicted octanol–water partition coefficient (Wildman–Crippen LogP) is 17.7. The van der Waals surface area contributed by atoms with Crippen molar-refractivity contribution in [1.82, 2.24) is 23.7 Å². The molecule has 0 unspecified atom stereocenters. The van der Waals surface area contributed by atoms with E-state index < -0.39 is 0 Å². The highest BCUT2D eigenvalue weighted by atomic mass is 15.0. The van der Waals surface area contributed by atoms with Crippen molar-refractivity contribution >= 4 is 65.4 Å². The first-order valence-electron chi connectivity index (χ1n) is 25.1. The van der Waals surface area contributed by atoms with E-state index in [4.69, 9.17) is 9.97 Å². The average Bonchev–Trinajstić information content (AvgIpc) is 4.05. The van der Waals surface area contributed by atoms with Crippen LogP contribution < -0.4 is 0 Å². The van der Waals surface area contributed by atoms with Crippen LogP contribution in [0.5, 0.6) is 0 Å². The monoisotopic (exact) mass is 935 g/mol. The molecule has 0 N–H and O–H groups in total. The number of hydrogen-bond donors (Lipinski definition) is 0. The topological polar surface area (TPSA) is 40.6 Å². The molecule has 0 atom stereocenters. The Hall–Kier alpha value is -9.32. The van der Waals surface area contributed by atoms with E-state index in [0.29, 0.717) is 0 Å². The first-order chi connectivity index (χ1) is 35.8. The third-order valence-corrected chi connectivity index (χ3v) is 14.9. The van der Waals surface area contributed by atoms with Crippen molar-refractivity contribution in [3.8, 4) is 62.1 Å². The summed E-state index contributed by atoms with van der Waals surface area (Å²) in [6.07, 6.45) is 0. The maximum Gasteiger partial charge on any atom is 0.160 e. The molecule has 0 saturated carbocycles. The molecule has 5 heteroatoms. The summed E-state index contributed by atoms with van der Waals surface area (Å²) in [6, 6.07) is 82.1. The van der Waals surface area contributed by atoms with Crippen molar-refractivity contribution in [2.45, 2.75) is 27.7 Å². The summed E-state index contributed by atoms with van der Waals surface area (Å²) < 4.78 is 7.30. The van der Waals surface area contributed by atoms with Gasteiger partial charge in [0.1, 0.15) is 0 Å². The average molecular weight is 936 g/mol. The van der Waals surface area contributed by atoms with Gasteiger partial charge in [0.2, 0.25) is 0 Å². The number of fused-ring (bicyclic) bond motifs is 9. The molecule has 5 nitrogen and oxygen atoms in total. The number of hydrogen-bond acceptors (Lipinski definition) is 2. The highest BCUT2D eigenvalue weighted by Gasteiger charge is 2.20. The van der Waals surface area contributed by atoms with Crippen molar-refractivity contribution in [2.75, 3.05) is 0 Å². The standard InChI is InChI=1S/C68H49N5/c1-42-11-9-13-49(35-42)61-41-60(69-68(70-61)50-14-10-12-43(2)36-50)48-23-21-46(22-24-48)47-25-27-51(28-26-47)71-66-33-29-52(72-62-17-7-5-15-54(62)55-16-6-8-18-63(55)72)39-58(66)59-40-53(30-34-67(59)71)73-64-31-19-44(3)37-56(64)57-38-45(4)20-32-65(57)73/h5-41H,1-4H3. The van der Waals surface area contributed by atoms with Gasteiger partial charge in [-0.2, -0.15) is 0 Å². The van der Waals surface area contributed by atoms with Gasteiger partial charge in [-0.05, 0) is 142 Å². The zero-order chi connectivity index (χ0) is 48.9. The van der Waals surface area contributed by atoms with E-state index in [1.54, 1.807) is 0 Å². The van der Waals surface area contributed by atoms with Crippen LogP contribution in [0.15, 0.2) is 224 Å². The third kappa shape index (κ3) is 7.07. The molecule has 0 amide bonds. The van der Waals surface area contributed by atoms with Crippen molar-refractivity contribution in [3.05, 3.63) is 247 Å². The minimum absolute atomic E-state index is 0.721. The Bertz CT molecular complexity index is 4350. The zero-order valence-corrected chi connectivity index (χ0v) is 41.1. The maximum atomic E-state index is 5.14. The van der Waals surface area contributed by atoms with Gasteiger partial charge in [-0.25, -0.2) is 9.97 Å². The van der Waals surface area contributed by atoms with Gasteiger partial charge in [-0.3, -0.25) is 0 Å². The fourth-order valence-electron chi connectivity index (χ4n) is 11.4. The first kappa shape index (κ1) is 42.5. The molecular weight excluding hydrogens is 887 g/mol. The van der Waals surface area contributed by atoms with Crippen molar-refractivity contribution in [3.63, 3.8) is 0 Å². The summed E-state index contributed by atoms with van der Waals surface area (Å²) in [7, 11) is 0. The van der Waals surface area contributed by atoms with Crippen LogP contribution in [0.2, 0.25) is 0 Å². The van der Waals surface area contributed by atoms with Crippen LogP contribution in [0.25, 0.3) is 128 Å². The molecule has 0 aliphatic rings. The largest absolute Gasteiger partial charge is 0.309 e. The molecule has 4 aromatic heterocycles. The second-order valence-corrected chi connectivity index (χ2v) is 19.8. The Morgan fingerprint density at radius 1 is 0.247 bits per heavy atom. The molecule has 4 heterocycles. The van der Waals surface area contributed by atoms with Crippen molar-refractivity contribution in [1.29, 1.82) is 0 Å². The van der Waals surface area contributed by atoms with Gasteiger partial charge in [0.15, 0.2) is 5.82 Å². The normalized spacial score (nSPS) is 11.8. The lowest BCUT2D eigenvalue weighted by molar-refractivity contribution is 1.16. The molecule has 10 aromatic carbocycles. The molecule has 14 aromatic rings. The molecule has 14 rings (SSSR count). The number of aromatic nitrogens is 5. The molecule has 0 radical (unpaired) electrons. The SMILES string of the molecule is Cc1cccc(-c2cc(-c3ccc(-c4ccc(-n5c6ccc(-n7c8ccccc8c8ccccc87)cc6c6cc(-n7c8ccc(C)cc8c8cc(C)ccc87)ccc65)cc4)cc3)nc(-c3cccc(C)c3)n2)c1. The van der Waals surface area contributed by atoms with Crippen LogP contribution in [0.3, 0.4) is 0 Å². The van der Waals surface area contributed by atoms with Crippen LogP contribution in [-0.2, 0) is 0 Å². The van der Waals surface area contributed by atoms with Gasteiger partial charge in [0, 0.05) is 66.1 Å². The summed E-state index contributed by atoms with van der Waals surface area (Å²) in [4.78, 5) is 10.2. The summed E-state index contributed by atoms with van der Waals surface area (Å²) in [5.74, 6) is 0.721. The Morgan fingerprint density at radius 3 is 1.16 bits per heavy atom. The minimum Gasteiger partial charge on any atom is -0.309 e. The fourth-order valence-corrected chi connectivity index (χ4v) is 11.4. The van der Waals surface area contributed by atoms with E-state index in [-0.39, 0.29) is 0 Å². The quantitative estimate of drug-likeness (QED) is 0.160. The molecular formula is C68H49N5. The molecule has 0 aliphatic heterocycles. The van der Waals surface area contributed by atoms with E-state index in [0.717, 1.165) is 73.1 Å². The zero-order valence-electron chi connectivity index (χ0n) is 41.1. The lowest BCUT2D eigenvalue weighted by Crippen LogP contribution is -1.97. The Morgan fingerprint density at radius 2 is 0.630 bits per heavy atom. The molecule has 73 heavy (non-hydrogen) atoms. The van der Waals surface area contributed by atoms with E-state index in [1.165, 1.54) is 76.6 Å². The number of nitrogens with zero attached hydrogens (tertiary/aromatic N) is 5. The van der Waals surface area contributed by atoms with E-state index in [2.05, 4.69) is 266 Å². The predicted molar refractivity (Wildman–Crippen MR) is 306 cm³/mol. The molecule has 0 bridgehead atoms. The number of rotatable bonds is 7. The Kier molecular flexibility index (Phi) is 9.70. The van der Waals surface area contributed by atoms with Gasteiger partial charge < -0.3 is 13.7 Å². The fraction of sp³-hybridized carbons (Fsp3) is 0.0588. The molecule has 346 valence electrons. The number of para-hydroxylation sites is 2. The van der Waals surface area contributed by atoms with Gasteiger partial charge in [-0.15, -0.1) is 0 Å². The van der Waals surface area contributed by atoms with E-state index >= 15 is 0 Å². The van der Waals surface area contributed by atoms with Gasteiger partial charge in [-0.1, -0.05) is 144 Å². The van der Waals surface area contributed by atoms with Gasteiger partial charge in [0.05, 0.1) is 44.5 Å². The summed E-state index contributed by atoms with van der Waals surface area (Å²) in [5.41, 5.74) is 22.6. The summed E-state index contributed by atoms with van der Waals surface area (Å²) >= 11 is 0. The minimum atomic E-state index is 0.721. The lowest BCUT2D eigenvalue weighted by atomic mass is 10.0. The smallest absolute Gasteiger partial charge is 0.160 e. The first-order valence-corrected chi connectivity index (χ1v) is 25.1. The second-order valence-electron chi connectivity index (χ2n) is 19.8. The van der Waals surface area contributed by atoms with Crippen LogP contribution in [-0.4, -0.2) is 23.7 Å². The van der Waals surface area contributed by atoms with Gasteiger partial charge >= 0.3 is 0 Å². The lowest BCUT2D eigenvalue weighted by Gasteiger charge is -2.12. The van der Waals surface area contributed by atoms with Crippen LogP contribution in [0.4, 0.5) is 0 Å². The molecule has 0 saturated heterocycles. The summed E-state index contributed by atoms with van der Waals surface area (Å²) in [5, 5.41) is 7.45. The molecule has 0 fully saturated rings. The number of benzene rings is 10. The van der Waals surface area contributed by atoms with Crippen molar-refractivity contribution < 1.29 is 0 Å². The van der Waals surface area contributed by atoms with Crippen LogP contribution in [0, 0.1) is 27.7 Å². The van der Waals surface area contributed by atoms with Crippen LogP contribution >= 0.6 is 0 Å². The maximum absolute atomic E-state index is 5.14. The second kappa shape index (κ2) is 16.6. The third-order valence-electron chi connectivity index (χ3n) is 14.9. The van der Waals surface area contributed by atoms with Crippen molar-refractivity contribution in [2.24, 2.45) is 0 Å². The van der Waals surface area contributed by atoms with E-state index in [1.807, 2.05) is 0 Å².